The molecular weight excluding hydrogens is 680 g/mol. The Balaban J connectivity index is 0.969. The highest BCUT2D eigenvalue weighted by atomic mass is 19.3. The van der Waals surface area contributed by atoms with Gasteiger partial charge in [-0.3, -0.25) is 4.79 Å². The third-order valence-electron chi connectivity index (χ3n) is 11.4. The van der Waals surface area contributed by atoms with E-state index in [0.717, 1.165) is 54.8 Å². The second-order valence-electron chi connectivity index (χ2n) is 14.5. The maximum Gasteiger partial charge on any atom is 0.407 e. The lowest BCUT2D eigenvalue weighted by Crippen LogP contribution is -2.53. The van der Waals surface area contributed by atoms with Crippen LogP contribution in [0, 0.1) is 5.92 Å². The molecule has 53 heavy (non-hydrogen) atoms. The Morgan fingerprint density at radius 1 is 0.925 bits per heavy atom. The Bertz CT molecular complexity index is 2200. The van der Waals surface area contributed by atoms with Crippen molar-refractivity contribution in [3.05, 3.63) is 83.6 Å². The minimum absolute atomic E-state index is 0.0116. The summed E-state index contributed by atoms with van der Waals surface area (Å²) in [5.41, 5.74) is 5.33. The first-order chi connectivity index (χ1) is 25.8. The molecule has 0 radical (unpaired) electrons. The summed E-state index contributed by atoms with van der Waals surface area (Å²) in [6.07, 6.45) is 6.01. The van der Waals surface area contributed by atoms with E-state index in [-0.39, 0.29) is 35.0 Å². The van der Waals surface area contributed by atoms with Crippen molar-refractivity contribution in [2.75, 3.05) is 33.4 Å². The topological polar surface area (TPSA) is 137 Å². The van der Waals surface area contributed by atoms with Crippen molar-refractivity contribution < 1.29 is 27.8 Å². The second-order valence-corrected chi connectivity index (χ2v) is 14.5. The van der Waals surface area contributed by atoms with Crippen LogP contribution < -0.4 is 10.6 Å². The molecule has 3 aliphatic heterocycles. The number of carbonyl (C=O) groups is 2. The van der Waals surface area contributed by atoms with Crippen LogP contribution >= 0.6 is 0 Å². The molecule has 9 rings (SSSR count). The number of hydrogen-bond acceptors (Lipinski definition) is 7. The van der Waals surface area contributed by atoms with E-state index in [1.165, 1.54) is 7.11 Å². The monoisotopic (exact) mass is 721 g/mol. The minimum atomic E-state index is -3.18. The fourth-order valence-corrected chi connectivity index (χ4v) is 8.62. The lowest BCUT2D eigenvalue weighted by Gasteiger charge is -2.34. The summed E-state index contributed by atoms with van der Waals surface area (Å²) in [7, 11) is 1.29. The molecule has 13 heteroatoms. The smallest absolute Gasteiger partial charge is 0.407 e. The van der Waals surface area contributed by atoms with Crippen LogP contribution in [0.4, 0.5) is 13.6 Å². The van der Waals surface area contributed by atoms with Gasteiger partial charge in [0, 0.05) is 36.4 Å². The summed E-state index contributed by atoms with van der Waals surface area (Å²) in [5, 5.41) is 6.21. The molecule has 0 saturated carbocycles. The number of likely N-dealkylation sites (tertiary alicyclic amines) is 1. The molecule has 0 spiro atoms. The fourth-order valence-electron chi connectivity index (χ4n) is 8.62. The second kappa shape index (κ2) is 13.4. The summed E-state index contributed by atoms with van der Waals surface area (Å²) in [4.78, 5) is 44.2. The van der Waals surface area contributed by atoms with Gasteiger partial charge in [-0.25, -0.2) is 14.8 Å². The number of rotatable bonds is 7. The van der Waals surface area contributed by atoms with E-state index in [1.807, 2.05) is 30.3 Å². The van der Waals surface area contributed by atoms with E-state index in [9.17, 15) is 9.59 Å². The highest BCUT2D eigenvalue weighted by Gasteiger charge is 2.45. The molecule has 11 nitrogen and oxygen atoms in total. The number of hydrogen-bond donors (Lipinski definition) is 4. The summed E-state index contributed by atoms with van der Waals surface area (Å²) in [5.74, 6) is -1.91. The largest absolute Gasteiger partial charge is 0.453 e. The highest BCUT2D eigenvalue weighted by Crippen LogP contribution is 2.52. The van der Waals surface area contributed by atoms with Crippen molar-refractivity contribution in [1.29, 1.82) is 0 Å². The number of fused-ring (bicyclic) bond motifs is 4. The van der Waals surface area contributed by atoms with Crippen LogP contribution in [0.2, 0.25) is 0 Å². The van der Waals surface area contributed by atoms with Crippen LogP contribution in [-0.4, -0.2) is 76.3 Å². The number of carbonyl (C=O) groups excluding carboxylic acids is 2. The van der Waals surface area contributed by atoms with Gasteiger partial charge in [-0.15, -0.1) is 0 Å². The average Bonchev–Trinajstić information content (AvgIpc) is 4.04. The zero-order valence-corrected chi connectivity index (χ0v) is 29.4. The Morgan fingerprint density at radius 2 is 1.66 bits per heavy atom. The summed E-state index contributed by atoms with van der Waals surface area (Å²) >= 11 is 0. The number of halogens is 2. The molecule has 0 bridgehead atoms. The first kappa shape index (κ1) is 33.7. The number of imidazole rings is 2. The zero-order chi connectivity index (χ0) is 36.3. The van der Waals surface area contributed by atoms with E-state index in [1.54, 1.807) is 35.4 Å². The SMILES string of the molecule is COC(=O)N[C@H](C(=O)N1CCC[C@H]1c1nc2ccc(-c3ccc4c(c3)C(F)(F)c3cc(-c5cnc(C6CCCN6)[nH]5)ccc3-4)cc2[nH]1)C1CCOCC1. The maximum atomic E-state index is 16.2. The van der Waals surface area contributed by atoms with Crippen LogP contribution in [0.3, 0.4) is 0 Å². The number of alkyl carbamates (subject to hydrolysis) is 1. The highest BCUT2D eigenvalue weighted by molar-refractivity contribution is 5.88. The number of aromatic amines is 2. The maximum absolute atomic E-state index is 16.2. The molecule has 5 aromatic rings. The van der Waals surface area contributed by atoms with Crippen LogP contribution in [0.15, 0.2) is 60.8 Å². The van der Waals surface area contributed by atoms with E-state index in [4.69, 9.17) is 14.5 Å². The van der Waals surface area contributed by atoms with Crippen LogP contribution in [0.1, 0.15) is 73.4 Å². The molecule has 1 unspecified atom stereocenters. The number of nitrogens with one attached hydrogen (secondary N) is 4. The van der Waals surface area contributed by atoms with Crippen LogP contribution in [0.25, 0.3) is 44.5 Å². The Kier molecular flexibility index (Phi) is 8.50. The molecule has 3 saturated heterocycles. The van der Waals surface area contributed by atoms with Gasteiger partial charge in [0.15, 0.2) is 0 Å². The van der Waals surface area contributed by atoms with Crippen molar-refractivity contribution in [1.82, 2.24) is 35.5 Å². The van der Waals surface area contributed by atoms with E-state index in [2.05, 4.69) is 25.6 Å². The fraction of sp³-hybridized carbons (Fsp3) is 0.400. The number of amides is 2. The van der Waals surface area contributed by atoms with Crippen molar-refractivity contribution in [2.24, 2.45) is 5.92 Å². The number of H-pyrrole nitrogens is 2. The predicted octanol–water partition coefficient (Wildman–Crippen LogP) is 6.98. The van der Waals surface area contributed by atoms with Crippen molar-refractivity contribution in [3.8, 4) is 33.5 Å². The molecule has 4 N–H and O–H groups in total. The van der Waals surface area contributed by atoms with Gasteiger partial charge in [0.1, 0.15) is 17.7 Å². The Labute approximate surface area is 304 Å². The third kappa shape index (κ3) is 5.95. The van der Waals surface area contributed by atoms with E-state index in [0.29, 0.717) is 66.2 Å². The van der Waals surface area contributed by atoms with Gasteiger partial charge in [0.25, 0.3) is 5.92 Å². The Morgan fingerprint density at radius 3 is 2.42 bits per heavy atom. The molecule has 4 aliphatic rings. The molecule has 3 fully saturated rings. The van der Waals surface area contributed by atoms with Gasteiger partial charge in [0.05, 0.1) is 42.1 Å². The van der Waals surface area contributed by atoms with E-state index < -0.39 is 18.1 Å². The van der Waals surface area contributed by atoms with Gasteiger partial charge in [-0.1, -0.05) is 30.3 Å². The quantitative estimate of drug-likeness (QED) is 0.142. The van der Waals surface area contributed by atoms with Gasteiger partial charge in [-0.2, -0.15) is 8.78 Å². The van der Waals surface area contributed by atoms with Crippen molar-refractivity contribution in [3.63, 3.8) is 0 Å². The number of aromatic nitrogens is 4. The van der Waals surface area contributed by atoms with Gasteiger partial charge in [0.2, 0.25) is 5.91 Å². The molecular formula is C40H41F2N7O4. The molecule has 3 aromatic carbocycles. The predicted molar refractivity (Wildman–Crippen MR) is 194 cm³/mol. The van der Waals surface area contributed by atoms with Crippen molar-refractivity contribution >= 4 is 23.0 Å². The van der Waals surface area contributed by atoms with Gasteiger partial charge in [-0.05, 0) is 97.5 Å². The molecule has 2 amide bonds. The third-order valence-corrected chi connectivity index (χ3v) is 11.4. The number of nitrogens with zero attached hydrogens (tertiary/aromatic N) is 3. The lowest BCUT2D eigenvalue weighted by molar-refractivity contribution is -0.136. The van der Waals surface area contributed by atoms with Gasteiger partial charge >= 0.3 is 6.09 Å². The van der Waals surface area contributed by atoms with E-state index >= 15 is 8.78 Å². The van der Waals surface area contributed by atoms with Crippen LogP contribution in [0.5, 0.6) is 0 Å². The molecule has 5 heterocycles. The first-order valence-electron chi connectivity index (χ1n) is 18.5. The van der Waals surface area contributed by atoms with Crippen LogP contribution in [-0.2, 0) is 20.2 Å². The lowest BCUT2D eigenvalue weighted by atomic mass is 9.90. The number of ether oxygens (including phenoxy) is 2. The molecule has 274 valence electrons. The Hall–Kier alpha value is -5.14. The average molecular weight is 722 g/mol. The summed E-state index contributed by atoms with van der Waals surface area (Å²) in [6, 6.07) is 15.3. The normalized spacial score (nSPS) is 21.5. The summed E-state index contributed by atoms with van der Waals surface area (Å²) in [6.45, 7) is 2.56. The van der Waals surface area contributed by atoms with Gasteiger partial charge < -0.3 is 35.0 Å². The number of alkyl halides is 2. The van der Waals surface area contributed by atoms with Crippen molar-refractivity contribution in [2.45, 2.75) is 62.6 Å². The molecule has 1 aliphatic carbocycles. The zero-order valence-electron chi connectivity index (χ0n) is 29.4. The molecule has 3 atom stereocenters. The standard InChI is InChI=1S/C40H41F2N7O4/c1-52-39(51)48-35(22-12-16-53-17-13-22)38(50)49-15-3-5-34(49)37-45-30-11-8-24(20-32(30)46-37)23-6-9-26-27-10-7-25(19-29(27)40(41,42)28(26)18-23)33-21-44-36(47-33)31-4-2-14-43-31/h6-11,18-22,31,34-35,43H,2-5,12-17H2,1H3,(H,44,47)(H,45,46)(H,48,51)/t31?,34-,35-/m0/s1. The number of benzene rings is 3. The number of methoxy groups -OCH3 is 1. The minimum Gasteiger partial charge on any atom is -0.453 e. The summed E-state index contributed by atoms with van der Waals surface area (Å²) < 4.78 is 42.9. The molecule has 2 aromatic heterocycles. The first-order valence-corrected chi connectivity index (χ1v) is 18.5.